The van der Waals surface area contributed by atoms with E-state index in [1.807, 2.05) is 24.3 Å². The van der Waals surface area contributed by atoms with E-state index in [9.17, 15) is 13.2 Å². The van der Waals surface area contributed by atoms with Crippen molar-refractivity contribution in [3.05, 3.63) is 35.4 Å². The zero-order chi connectivity index (χ0) is 19.0. The lowest BCUT2D eigenvalue weighted by Gasteiger charge is -2.24. The van der Waals surface area contributed by atoms with E-state index in [1.165, 1.54) is 11.8 Å². The lowest BCUT2D eigenvalue weighted by molar-refractivity contribution is 0.0497. The number of ether oxygens (including phenoxy) is 1. The molecule has 0 bridgehead atoms. The fourth-order valence-electron chi connectivity index (χ4n) is 3.40. The van der Waals surface area contributed by atoms with Crippen LogP contribution in [0.2, 0.25) is 0 Å². The summed E-state index contributed by atoms with van der Waals surface area (Å²) >= 11 is 0. The number of carbonyl (C=O) groups is 1. The molecule has 1 aromatic rings. The van der Waals surface area contributed by atoms with E-state index in [-0.39, 0.29) is 12.5 Å². The van der Waals surface area contributed by atoms with Crippen molar-refractivity contribution in [2.75, 3.05) is 12.8 Å². The molecule has 1 aliphatic rings. The van der Waals surface area contributed by atoms with Crippen LogP contribution in [-0.2, 0) is 21.0 Å². The maximum absolute atomic E-state index is 12.3. The Hall–Kier alpha value is -1.60. The minimum atomic E-state index is -3.40. The number of alkyl carbamates (subject to hydrolysis) is 1. The van der Waals surface area contributed by atoms with Crippen LogP contribution in [0, 0.1) is 0 Å². The average Bonchev–Trinajstić information content (AvgIpc) is 3.14. The number of aryl methyl sites for hydroxylation is 1. The summed E-state index contributed by atoms with van der Waals surface area (Å²) in [5.41, 5.74) is 6.23. The molecule has 0 spiro atoms. The van der Waals surface area contributed by atoms with Gasteiger partial charge in [-0.3, -0.25) is 0 Å². The number of sulfone groups is 1. The van der Waals surface area contributed by atoms with Crippen LogP contribution in [0.3, 0.4) is 0 Å². The molecular weight excluding hydrogens is 340 g/mol. The molecule has 0 aliphatic heterocycles. The van der Waals surface area contributed by atoms with Crippen LogP contribution in [0.15, 0.2) is 24.3 Å². The van der Waals surface area contributed by atoms with Crippen LogP contribution in [-0.4, -0.2) is 43.7 Å². The highest BCUT2D eigenvalue weighted by atomic mass is 32.2. The lowest BCUT2D eigenvalue weighted by Crippen LogP contribution is -2.48. The third-order valence-corrected chi connectivity index (χ3v) is 6.15. The van der Waals surface area contributed by atoms with Crippen molar-refractivity contribution in [1.82, 2.24) is 5.32 Å². The Morgan fingerprint density at radius 2 is 1.84 bits per heavy atom. The molecule has 0 unspecified atom stereocenters. The number of rotatable bonds is 5. The lowest BCUT2D eigenvalue weighted by atomic mass is 10.0. The summed E-state index contributed by atoms with van der Waals surface area (Å²) < 4.78 is 29.9. The standard InChI is InChI=1S/C18H28N2O4S/c1-6-12-7-9-13(10-8-12)14-15(25(5,22)23)18(14,11-19)20-16(21)24-17(2,3)4/h7-10,14-15H,6,11,19H2,1-5H3,(H,20,21)/t14-,15+,18+/m1/s1. The van der Waals surface area contributed by atoms with Crippen molar-refractivity contribution in [2.24, 2.45) is 5.73 Å². The van der Waals surface area contributed by atoms with Gasteiger partial charge in [0, 0.05) is 18.7 Å². The largest absolute Gasteiger partial charge is 0.444 e. The number of amides is 1. The van der Waals surface area contributed by atoms with Crippen LogP contribution < -0.4 is 11.1 Å². The molecule has 7 heteroatoms. The first kappa shape index (κ1) is 19.7. The molecule has 0 saturated heterocycles. The highest BCUT2D eigenvalue weighted by Gasteiger charge is 2.70. The van der Waals surface area contributed by atoms with Crippen LogP contribution in [0.4, 0.5) is 4.79 Å². The van der Waals surface area contributed by atoms with Gasteiger partial charge in [0.25, 0.3) is 0 Å². The van der Waals surface area contributed by atoms with Crippen molar-refractivity contribution in [3.63, 3.8) is 0 Å². The Morgan fingerprint density at radius 3 is 2.24 bits per heavy atom. The number of hydrogen-bond acceptors (Lipinski definition) is 5. The van der Waals surface area contributed by atoms with E-state index in [0.717, 1.165) is 12.0 Å². The topological polar surface area (TPSA) is 98.5 Å². The summed E-state index contributed by atoms with van der Waals surface area (Å²) in [4.78, 5) is 12.2. The fraction of sp³-hybridized carbons (Fsp3) is 0.611. The van der Waals surface area contributed by atoms with E-state index >= 15 is 0 Å². The highest BCUT2D eigenvalue weighted by molar-refractivity contribution is 7.91. The molecule has 3 N–H and O–H groups in total. The van der Waals surface area contributed by atoms with E-state index in [1.54, 1.807) is 20.8 Å². The van der Waals surface area contributed by atoms with Crippen molar-refractivity contribution in [2.45, 2.75) is 56.4 Å². The molecule has 3 atom stereocenters. The van der Waals surface area contributed by atoms with Gasteiger partial charge in [-0.2, -0.15) is 0 Å². The zero-order valence-corrected chi connectivity index (χ0v) is 16.3. The van der Waals surface area contributed by atoms with E-state index in [2.05, 4.69) is 12.2 Å². The zero-order valence-electron chi connectivity index (χ0n) is 15.5. The molecule has 0 radical (unpaired) electrons. The molecule has 1 fully saturated rings. The molecule has 6 nitrogen and oxygen atoms in total. The van der Waals surface area contributed by atoms with Crippen molar-refractivity contribution in [1.29, 1.82) is 0 Å². The van der Waals surface area contributed by atoms with Crippen molar-refractivity contribution >= 4 is 15.9 Å². The molecule has 25 heavy (non-hydrogen) atoms. The van der Waals surface area contributed by atoms with Gasteiger partial charge in [-0.1, -0.05) is 31.2 Å². The average molecular weight is 368 g/mol. The van der Waals surface area contributed by atoms with E-state index < -0.39 is 32.3 Å². The summed E-state index contributed by atoms with van der Waals surface area (Å²) in [7, 11) is -3.40. The third-order valence-electron chi connectivity index (χ3n) is 4.54. The first-order chi connectivity index (χ1) is 11.4. The Balaban J connectivity index is 2.34. The molecule has 1 aromatic carbocycles. The monoisotopic (exact) mass is 368 g/mol. The maximum Gasteiger partial charge on any atom is 0.408 e. The predicted octanol–water partition coefficient (Wildman–Crippen LogP) is 1.98. The number of carbonyl (C=O) groups excluding carboxylic acids is 1. The smallest absolute Gasteiger partial charge is 0.408 e. The Morgan fingerprint density at radius 1 is 1.28 bits per heavy atom. The summed E-state index contributed by atoms with van der Waals surface area (Å²) in [6.07, 6.45) is 1.43. The third kappa shape index (κ3) is 4.15. The molecular formula is C18H28N2O4S. The number of nitrogens with two attached hydrogens (primary N) is 1. The van der Waals surface area contributed by atoms with Gasteiger partial charge in [-0.25, -0.2) is 13.2 Å². The first-order valence-corrected chi connectivity index (χ1v) is 10.4. The van der Waals surface area contributed by atoms with Crippen LogP contribution in [0.25, 0.3) is 0 Å². The minimum Gasteiger partial charge on any atom is -0.444 e. The van der Waals surface area contributed by atoms with Gasteiger partial charge >= 0.3 is 6.09 Å². The number of hydrogen-bond donors (Lipinski definition) is 2. The quantitative estimate of drug-likeness (QED) is 0.828. The Bertz CT molecular complexity index is 737. The fourth-order valence-corrected chi connectivity index (χ4v) is 5.29. The summed E-state index contributed by atoms with van der Waals surface area (Å²) in [5, 5.41) is 1.98. The van der Waals surface area contributed by atoms with Gasteiger partial charge in [0.2, 0.25) is 0 Å². The van der Waals surface area contributed by atoms with Crippen molar-refractivity contribution < 1.29 is 17.9 Å². The molecule has 0 heterocycles. The van der Waals surface area contributed by atoms with Crippen LogP contribution >= 0.6 is 0 Å². The molecule has 1 saturated carbocycles. The van der Waals surface area contributed by atoms with Gasteiger partial charge in [0.15, 0.2) is 9.84 Å². The van der Waals surface area contributed by atoms with Gasteiger partial charge in [-0.15, -0.1) is 0 Å². The number of nitrogens with one attached hydrogen (secondary N) is 1. The van der Waals surface area contributed by atoms with E-state index in [4.69, 9.17) is 10.5 Å². The summed E-state index contributed by atoms with van der Waals surface area (Å²) in [5.74, 6) is -0.383. The molecule has 0 aromatic heterocycles. The van der Waals surface area contributed by atoms with Crippen LogP contribution in [0.5, 0.6) is 0 Å². The number of benzene rings is 1. The second-order valence-corrected chi connectivity index (χ2v) is 9.86. The van der Waals surface area contributed by atoms with Crippen LogP contribution in [0.1, 0.15) is 44.7 Å². The van der Waals surface area contributed by atoms with Crippen molar-refractivity contribution in [3.8, 4) is 0 Å². The van der Waals surface area contributed by atoms with Gasteiger partial charge < -0.3 is 15.8 Å². The first-order valence-electron chi connectivity index (χ1n) is 8.43. The minimum absolute atomic E-state index is 0.0180. The highest BCUT2D eigenvalue weighted by Crippen LogP contribution is 2.55. The molecule has 2 rings (SSSR count). The predicted molar refractivity (Wildman–Crippen MR) is 98.3 cm³/mol. The second-order valence-electron chi connectivity index (χ2n) is 7.69. The Kier molecular flexibility index (Phi) is 5.21. The normalized spacial score (nSPS) is 26.2. The Labute approximate surface area is 150 Å². The van der Waals surface area contributed by atoms with Gasteiger partial charge in [0.1, 0.15) is 5.60 Å². The SMILES string of the molecule is CCc1ccc([C@@H]2[C@H](S(C)(=O)=O)[C@@]2(CN)NC(=O)OC(C)(C)C)cc1. The molecule has 1 aliphatic carbocycles. The maximum atomic E-state index is 12.3. The molecule has 1 amide bonds. The van der Waals surface area contributed by atoms with E-state index in [0.29, 0.717) is 0 Å². The summed E-state index contributed by atoms with van der Waals surface area (Å²) in [6.45, 7) is 7.33. The summed E-state index contributed by atoms with van der Waals surface area (Å²) in [6, 6.07) is 7.77. The van der Waals surface area contributed by atoms with Gasteiger partial charge in [-0.05, 0) is 38.3 Å². The van der Waals surface area contributed by atoms with Gasteiger partial charge in [0.05, 0.1) is 10.8 Å². The molecule has 140 valence electrons. The second kappa shape index (κ2) is 6.61.